The Hall–Kier alpha value is -0.840. The highest BCUT2D eigenvalue weighted by Crippen LogP contribution is 2.21. The van der Waals surface area contributed by atoms with E-state index in [0.29, 0.717) is 11.6 Å². The van der Waals surface area contributed by atoms with Gasteiger partial charge in [-0.2, -0.15) is 0 Å². The van der Waals surface area contributed by atoms with Gasteiger partial charge in [0.15, 0.2) is 0 Å². The fourth-order valence-electron chi connectivity index (χ4n) is 1.82. The minimum atomic E-state index is 0.243. The standard InChI is InChI=1S/C11H16ClN3O/c1-8-7-15(2-3-16-8)11-4-9(5-13)10(12)6-14-11/h4,6,8H,2-3,5,7,13H2,1H3. The van der Waals surface area contributed by atoms with Crippen LogP contribution in [0.25, 0.3) is 0 Å². The number of hydrogen-bond acceptors (Lipinski definition) is 4. The third-order valence-electron chi connectivity index (χ3n) is 2.71. The highest BCUT2D eigenvalue weighted by atomic mass is 35.5. The summed E-state index contributed by atoms with van der Waals surface area (Å²) in [4.78, 5) is 6.53. The molecular weight excluding hydrogens is 226 g/mol. The lowest BCUT2D eigenvalue weighted by Crippen LogP contribution is -2.41. The van der Waals surface area contributed by atoms with E-state index in [4.69, 9.17) is 22.1 Å². The Labute approximate surface area is 100 Å². The van der Waals surface area contributed by atoms with Gasteiger partial charge in [0.25, 0.3) is 0 Å². The van der Waals surface area contributed by atoms with Crippen LogP contribution >= 0.6 is 11.6 Å². The first-order chi connectivity index (χ1) is 7.70. The lowest BCUT2D eigenvalue weighted by molar-refractivity contribution is 0.0529. The second-order valence-electron chi connectivity index (χ2n) is 3.97. The summed E-state index contributed by atoms with van der Waals surface area (Å²) in [6.07, 6.45) is 1.91. The van der Waals surface area contributed by atoms with Crippen LogP contribution < -0.4 is 10.6 Å². The molecule has 1 saturated heterocycles. The quantitative estimate of drug-likeness (QED) is 0.851. The van der Waals surface area contributed by atoms with Gasteiger partial charge in [-0.3, -0.25) is 0 Å². The first kappa shape index (κ1) is 11.6. The van der Waals surface area contributed by atoms with Gasteiger partial charge in [0.1, 0.15) is 5.82 Å². The van der Waals surface area contributed by atoms with E-state index >= 15 is 0 Å². The molecule has 1 aromatic rings. The maximum Gasteiger partial charge on any atom is 0.129 e. The third-order valence-corrected chi connectivity index (χ3v) is 3.05. The van der Waals surface area contributed by atoms with Crippen molar-refractivity contribution in [3.8, 4) is 0 Å². The molecule has 1 aliphatic heterocycles. The smallest absolute Gasteiger partial charge is 0.129 e. The summed E-state index contributed by atoms with van der Waals surface area (Å²) in [6.45, 7) is 4.96. The van der Waals surface area contributed by atoms with Crippen LogP contribution in [0.1, 0.15) is 12.5 Å². The van der Waals surface area contributed by atoms with Crippen LogP contribution in [0.15, 0.2) is 12.3 Å². The Kier molecular flexibility index (Phi) is 3.63. The summed E-state index contributed by atoms with van der Waals surface area (Å²) in [6, 6.07) is 1.96. The molecule has 0 aliphatic carbocycles. The zero-order chi connectivity index (χ0) is 11.5. The van der Waals surface area contributed by atoms with E-state index in [1.807, 2.05) is 6.07 Å². The van der Waals surface area contributed by atoms with Crippen molar-refractivity contribution in [3.63, 3.8) is 0 Å². The summed E-state index contributed by atoms with van der Waals surface area (Å²) >= 11 is 5.98. The number of nitrogens with zero attached hydrogens (tertiary/aromatic N) is 2. The van der Waals surface area contributed by atoms with E-state index in [9.17, 15) is 0 Å². The molecule has 1 atom stereocenters. The molecule has 0 amide bonds. The van der Waals surface area contributed by atoms with E-state index in [1.165, 1.54) is 0 Å². The van der Waals surface area contributed by atoms with Crippen molar-refractivity contribution in [2.24, 2.45) is 5.73 Å². The minimum Gasteiger partial charge on any atom is -0.375 e. The Bertz CT molecular complexity index is 372. The molecule has 0 spiro atoms. The number of morpholine rings is 1. The molecule has 4 nitrogen and oxygen atoms in total. The second-order valence-corrected chi connectivity index (χ2v) is 4.37. The normalized spacial score (nSPS) is 21.2. The minimum absolute atomic E-state index is 0.243. The second kappa shape index (κ2) is 4.99. The fraction of sp³-hybridized carbons (Fsp3) is 0.545. The number of ether oxygens (including phenoxy) is 1. The third kappa shape index (κ3) is 2.45. The molecule has 16 heavy (non-hydrogen) atoms. The molecule has 2 N–H and O–H groups in total. The van der Waals surface area contributed by atoms with Crippen LogP contribution in [0.5, 0.6) is 0 Å². The van der Waals surface area contributed by atoms with Gasteiger partial charge in [0.2, 0.25) is 0 Å². The van der Waals surface area contributed by atoms with E-state index in [-0.39, 0.29) is 6.10 Å². The molecule has 1 fully saturated rings. The molecule has 88 valence electrons. The van der Waals surface area contributed by atoms with Crippen molar-refractivity contribution in [3.05, 3.63) is 22.8 Å². The lowest BCUT2D eigenvalue weighted by Gasteiger charge is -2.32. The molecule has 1 aromatic heterocycles. The van der Waals surface area contributed by atoms with Crippen LogP contribution in [-0.2, 0) is 11.3 Å². The van der Waals surface area contributed by atoms with E-state index < -0.39 is 0 Å². The number of anilines is 1. The van der Waals surface area contributed by atoms with E-state index in [1.54, 1.807) is 6.20 Å². The molecule has 0 aromatic carbocycles. The van der Waals surface area contributed by atoms with Crippen molar-refractivity contribution in [1.82, 2.24) is 4.98 Å². The van der Waals surface area contributed by atoms with Gasteiger partial charge in [-0.25, -0.2) is 4.98 Å². The van der Waals surface area contributed by atoms with Crippen molar-refractivity contribution in [2.75, 3.05) is 24.6 Å². The number of halogens is 1. The molecular formula is C11H16ClN3O. The van der Waals surface area contributed by atoms with Crippen molar-refractivity contribution in [1.29, 1.82) is 0 Å². The Morgan fingerprint density at radius 2 is 2.50 bits per heavy atom. The first-order valence-electron chi connectivity index (χ1n) is 5.41. The van der Waals surface area contributed by atoms with Crippen molar-refractivity contribution >= 4 is 17.4 Å². The number of hydrogen-bond donors (Lipinski definition) is 1. The molecule has 0 bridgehead atoms. The molecule has 0 saturated carbocycles. The molecule has 1 aliphatic rings. The van der Waals surface area contributed by atoms with Crippen molar-refractivity contribution < 1.29 is 4.74 Å². The highest BCUT2D eigenvalue weighted by Gasteiger charge is 2.18. The van der Waals surface area contributed by atoms with E-state index in [0.717, 1.165) is 31.1 Å². The zero-order valence-corrected chi connectivity index (χ0v) is 10.1. The van der Waals surface area contributed by atoms with Gasteiger partial charge in [-0.15, -0.1) is 0 Å². The number of nitrogens with two attached hydrogens (primary N) is 1. The molecule has 2 heterocycles. The SMILES string of the molecule is CC1CN(c2cc(CN)c(Cl)cn2)CCO1. The summed E-state index contributed by atoms with van der Waals surface area (Å²) < 4.78 is 5.49. The van der Waals surface area contributed by atoms with Crippen LogP contribution in [0.4, 0.5) is 5.82 Å². The maximum absolute atomic E-state index is 5.98. The van der Waals surface area contributed by atoms with Gasteiger partial charge in [-0.1, -0.05) is 11.6 Å². The monoisotopic (exact) mass is 241 g/mol. The summed E-state index contributed by atoms with van der Waals surface area (Å²) in [5.74, 6) is 0.931. The van der Waals surface area contributed by atoms with Crippen molar-refractivity contribution in [2.45, 2.75) is 19.6 Å². The summed E-state index contributed by atoms with van der Waals surface area (Å²) in [5, 5.41) is 0.632. The predicted molar refractivity (Wildman–Crippen MR) is 64.8 cm³/mol. The van der Waals surface area contributed by atoms with Gasteiger partial charge < -0.3 is 15.4 Å². The number of rotatable bonds is 2. The van der Waals surface area contributed by atoms with Gasteiger partial charge in [0, 0.05) is 25.8 Å². The Morgan fingerprint density at radius 3 is 3.19 bits per heavy atom. The Morgan fingerprint density at radius 1 is 1.69 bits per heavy atom. The van der Waals surface area contributed by atoms with Gasteiger partial charge in [0.05, 0.1) is 17.7 Å². The first-order valence-corrected chi connectivity index (χ1v) is 5.79. The van der Waals surface area contributed by atoms with E-state index in [2.05, 4.69) is 16.8 Å². The van der Waals surface area contributed by atoms with Crippen LogP contribution in [-0.4, -0.2) is 30.8 Å². The van der Waals surface area contributed by atoms with Gasteiger partial charge in [-0.05, 0) is 18.6 Å². The molecule has 5 heteroatoms. The van der Waals surface area contributed by atoms with Crippen LogP contribution in [0.3, 0.4) is 0 Å². The maximum atomic E-state index is 5.98. The Balaban J connectivity index is 2.19. The summed E-state index contributed by atoms with van der Waals surface area (Å²) in [5.41, 5.74) is 6.56. The fourth-order valence-corrected chi connectivity index (χ4v) is 2.00. The van der Waals surface area contributed by atoms with Crippen LogP contribution in [0.2, 0.25) is 5.02 Å². The molecule has 2 rings (SSSR count). The number of pyridine rings is 1. The van der Waals surface area contributed by atoms with Gasteiger partial charge >= 0.3 is 0 Å². The molecule has 0 radical (unpaired) electrons. The number of aromatic nitrogens is 1. The zero-order valence-electron chi connectivity index (χ0n) is 9.32. The van der Waals surface area contributed by atoms with Crippen LogP contribution in [0, 0.1) is 0 Å². The highest BCUT2D eigenvalue weighted by molar-refractivity contribution is 6.31. The predicted octanol–water partition coefficient (Wildman–Crippen LogP) is 1.42. The lowest BCUT2D eigenvalue weighted by atomic mass is 10.2. The topological polar surface area (TPSA) is 51.4 Å². The average Bonchev–Trinajstić information content (AvgIpc) is 2.29. The average molecular weight is 242 g/mol. The summed E-state index contributed by atoms with van der Waals surface area (Å²) in [7, 11) is 0. The largest absolute Gasteiger partial charge is 0.375 e. The molecule has 1 unspecified atom stereocenters.